The van der Waals surface area contributed by atoms with E-state index in [0.29, 0.717) is 38.4 Å². The molecule has 4 rings (SSSR count). The smallest absolute Gasteiger partial charge is 0.141 e. The van der Waals surface area contributed by atoms with Crippen LogP contribution in [0.15, 0.2) is 42.6 Å². The van der Waals surface area contributed by atoms with Gasteiger partial charge in [0.15, 0.2) is 0 Å². The van der Waals surface area contributed by atoms with Crippen LogP contribution in [0.25, 0.3) is 0 Å². The SMILES string of the molecule is O[C@@]1(CNCc2cccc(CN3CCOCC3)c2)CCN(c2ccc(F)cn2)C1. The Labute approximate surface area is 171 Å². The highest BCUT2D eigenvalue weighted by Gasteiger charge is 2.36. The van der Waals surface area contributed by atoms with Gasteiger partial charge >= 0.3 is 0 Å². The Kier molecular flexibility index (Phi) is 6.40. The van der Waals surface area contributed by atoms with Gasteiger partial charge in [0.25, 0.3) is 0 Å². The molecule has 156 valence electrons. The molecule has 0 bridgehead atoms. The molecule has 29 heavy (non-hydrogen) atoms. The molecule has 2 aliphatic heterocycles. The summed E-state index contributed by atoms with van der Waals surface area (Å²) < 4.78 is 18.5. The summed E-state index contributed by atoms with van der Waals surface area (Å²) in [6.45, 7) is 6.97. The molecular weight excluding hydrogens is 371 g/mol. The normalized spacial score (nSPS) is 22.9. The van der Waals surface area contributed by atoms with Gasteiger partial charge in [0.2, 0.25) is 0 Å². The van der Waals surface area contributed by atoms with E-state index in [-0.39, 0.29) is 5.82 Å². The number of β-amino-alcohol motifs (C(OH)–C–C–N with tert-alkyl or cyclic N) is 1. The van der Waals surface area contributed by atoms with Gasteiger partial charge in [0.1, 0.15) is 11.6 Å². The highest BCUT2D eigenvalue weighted by Crippen LogP contribution is 2.25. The lowest BCUT2D eigenvalue weighted by Gasteiger charge is -2.26. The van der Waals surface area contributed by atoms with Crippen LogP contribution < -0.4 is 10.2 Å². The third kappa shape index (κ3) is 5.51. The maximum Gasteiger partial charge on any atom is 0.141 e. The van der Waals surface area contributed by atoms with Gasteiger partial charge in [-0.25, -0.2) is 9.37 Å². The van der Waals surface area contributed by atoms with Crippen LogP contribution >= 0.6 is 0 Å². The van der Waals surface area contributed by atoms with E-state index in [9.17, 15) is 9.50 Å². The molecule has 2 saturated heterocycles. The van der Waals surface area contributed by atoms with Gasteiger partial charge in [-0.2, -0.15) is 0 Å². The van der Waals surface area contributed by atoms with Crippen LogP contribution in [0.2, 0.25) is 0 Å². The predicted molar refractivity (Wildman–Crippen MR) is 110 cm³/mol. The fourth-order valence-corrected chi connectivity index (χ4v) is 4.05. The molecule has 0 aliphatic carbocycles. The maximum atomic E-state index is 13.1. The van der Waals surface area contributed by atoms with Gasteiger partial charge in [-0.15, -0.1) is 0 Å². The molecule has 3 heterocycles. The lowest BCUT2D eigenvalue weighted by Crippen LogP contribution is -2.43. The average Bonchev–Trinajstić information content (AvgIpc) is 3.12. The number of aromatic nitrogens is 1. The minimum atomic E-state index is -0.804. The minimum Gasteiger partial charge on any atom is -0.387 e. The van der Waals surface area contributed by atoms with E-state index in [0.717, 1.165) is 32.8 Å². The van der Waals surface area contributed by atoms with E-state index in [1.807, 2.05) is 4.90 Å². The Morgan fingerprint density at radius 2 is 1.97 bits per heavy atom. The third-order valence-electron chi connectivity index (χ3n) is 5.65. The molecule has 1 aromatic carbocycles. The quantitative estimate of drug-likeness (QED) is 0.739. The Balaban J connectivity index is 1.26. The van der Waals surface area contributed by atoms with Crippen molar-refractivity contribution in [3.05, 3.63) is 59.5 Å². The zero-order valence-corrected chi connectivity index (χ0v) is 16.7. The first-order valence-electron chi connectivity index (χ1n) is 10.3. The molecule has 6 nitrogen and oxygen atoms in total. The molecule has 0 amide bonds. The van der Waals surface area contributed by atoms with Crippen molar-refractivity contribution >= 4 is 5.82 Å². The van der Waals surface area contributed by atoms with Gasteiger partial charge in [0, 0.05) is 45.8 Å². The second-order valence-corrected chi connectivity index (χ2v) is 8.04. The molecule has 0 unspecified atom stereocenters. The Bertz CT molecular complexity index is 798. The molecule has 1 aromatic heterocycles. The first kappa shape index (κ1) is 20.2. The summed E-state index contributed by atoms with van der Waals surface area (Å²) in [5, 5.41) is 14.3. The first-order chi connectivity index (χ1) is 14.1. The predicted octanol–water partition coefficient (Wildman–Crippen LogP) is 1.78. The van der Waals surface area contributed by atoms with Crippen molar-refractivity contribution in [1.29, 1.82) is 0 Å². The van der Waals surface area contributed by atoms with Crippen LogP contribution in [-0.2, 0) is 17.8 Å². The van der Waals surface area contributed by atoms with E-state index in [4.69, 9.17) is 4.74 Å². The summed E-state index contributed by atoms with van der Waals surface area (Å²) in [4.78, 5) is 8.53. The van der Waals surface area contributed by atoms with Crippen LogP contribution in [0.1, 0.15) is 17.5 Å². The highest BCUT2D eigenvalue weighted by atomic mass is 19.1. The minimum absolute atomic E-state index is 0.347. The largest absolute Gasteiger partial charge is 0.387 e. The van der Waals surface area contributed by atoms with Crippen LogP contribution in [0.4, 0.5) is 10.2 Å². The van der Waals surface area contributed by atoms with Crippen LogP contribution in [0.5, 0.6) is 0 Å². The number of hydrogen-bond donors (Lipinski definition) is 2. The molecule has 1 atom stereocenters. The van der Waals surface area contributed by atoms with Gasteiger partial charge in [-0.3, -0.25) is 4.90 Å². The molecule has 0 spiro atoms. The number of ether oxygens (including phenoxy) is 1. The fourth-order valence-electron chi connectivity index (χ4n) is 4.05. The van der Waals surface area contributed by atoms with Crippen molar-refractivity contribution in [1.82, 2.24) is 15.2 Å². The molecule has 0 saturated carbocycles. The number of aliphatic hydroxyl groups is 1. The zero-order valence-electron chi connectivity index (χ0n) is 16.7. The number of rotatable bonds is 7. The average molecular weight is 400 g/mol. The number of anilines is 1. The molecule has 7 heteroatoms. The first-order valence-corrected chi connectivity index (χ1v) is 10.3. The monoisotopic (exact) mass is 400 g/mol. The summed E-state index contributed by atoms with van der Waals surface area (Å²) >= 11 is 0. The Morgan fingerprint density at radius 3 is 2.76 bits per heavy atom. The lowest BCUT2D eigenvalue weighted by atomic mass is 10.0. The number of nitrogens with one attached hydrogen (secondary N) is 1. The van der Waals surface area contributed by atoms with Gasteiger partial charge in [0.05, 0.1) is 25.0 Å². The summed E-state index contributed by atoms with van der Waals surface area (Å²) in [7, 11) is 0. The van der Waals surface area contributed by atoms with E-state index < -0.39 is 5.60 Å². The van der Waals surface area contributed by atoms with Crippen molar-refractivity contribution in [2.45, 2.75) is 25.1 Å². The van der Waals surface area contributed by atoms with Gasteiger partial charge < -0.3 is 20.1 Å². The van der Waals surface area contributed by atoms with E-state index >= 15 is 0 Å². The standard InChI is InChI=1S/C22H29FN4O2/c23-20-4-5-21(25-14-20)27-7-6-22(28,17-27)16-24-13-18-2-1-3-19(12-18)15-26-8-10-29-11-9-26/h1-5,12,14,24,28H,6-11,13,15-17H2/t22-/m1/s1. The number of halogens is 1. The lowest BCUT2D eigenvalue weighted by molar-refractivity contribution is 0.0342. The molecule has 2 aromatic rings. The number of pyridine rings is 1. The molecule has 2 fully saturated rings. The van der Waals surface area contributed by atoms with Crippen LogP contribution in [0, 0.1) is 5.82 Å². The van der Waals surface area contributed by atoms with Gasteiger partial charge in [-0.1, -0.05) is 24.3 Å². The third-order valence-corrected chi connectivity index (χ3v) is 5.65. The number of benzene rings is 1. The second kappa shape index (κ2) is 9.17. The fraction of sp³-hybridized carbons (Fsp3) is 0.500. The summed E-state index contributed by atoms with van der Waals surface area (Å²) in [5.74, 6) is 0.360. The van der Waals surface area contributed by atoms with E-state index in [1.54, 1.807) is 6.07 Å². The number of nitrogens with zero attached hydrogens (tertiary/aromatic N) is 3. The van der Waals surface area contributed by atoms with Crippen LogP contribution in [0.3, 0.4) is 0 Å². The summed E-state index contributed by atoms with van der Waals surface area (Å²) in [5.41, 5.74) is 1.72. The van der Waals surface area contributed by atoms with E-state index in [2.05, 4.69) is 39.5 Å². The van der Waals surface area contributed by atoms with Gasteiger partial charge in [-0.05, 0) is 29.7 Å². The van der Waals surface area contributed by atoms with Crippen molar-refractivity contribution in [2.75, 3.05) is 50.8 Å². The molecule has 0 radical (unpaired) electrons. The van der Waals surface area contributed by atoms with E-state index in [1.165, 1.54) is 23.4 Å². The molecule has 2 aliphatic rings. The van der Waals surface area contributed by atoms with Crippen molar-refractivity contribution < 1.29 is 14.2 Å². The van der Waals surface area contributed by atoms with Crippen molar-refractivity contribution in [3.63, 3.8) is 0 Å². The second-order valence-electron chi connectivity index (χ2n) is 8.04. The van der Waals surface area contributed by atoms with Crippen molar-refractivity contribution in [3.8, 4) is 0 Å². The molecule has 2 N–H and O–H groups in total. The summed E-state index contributed by atoms with van der Waals surface area (Å²) in [6, 6.07) is 11.7. The van der Waals surface area contributed by atoms with Crippen LogP contribution in [-0.4, -0.2) is 66.5 Å². The zero-order chi connectivity index (χ0) is 20.1. The highest BCUT2D eigenvalue weighted by molar-refractivity contribution is 5.40. The summed E-state index contributed by atoms with van der Waals surface area (Å²) in [6.07, 6.45) is 1.88. The topological polar surface area (TPSA) is 60.9 Å². The number of morpholine rings is 1. The van der Waals surface area contributed by atoms with Crippen molar-refractivity contribution in [2.24, 2.45) is 0 Å². The maximum absolute atomic E-state index is 13.1. The Morgan fingerprint density at radius 1 is 1.14 bits per heavy atom. The molecular formula is C22H29FN4O2. The number of hydrogen-bond acceptors (Lipinski definition) is 6. The Hall–Kier alpha value is -2.06.